The molecule has 0 aliphatic rings. The third-order valence-corrected chi connectivity index (χ3v) is 3.90. The molecule has 0 saturated heterocycles. The fourth-order valence-corrected chi connectivity index (χ4v) is 2.64. The van der Waals surface area contributed by atoms with Crippen molar-refractivity contribution in [2.75, 3.05) is 18.4 Å². The zero-order chi connectivity index (χ0) is 16.1. The van der Waals surface area contributed by atoms with Gasteiger partial charge in [0.05, 0.1) is 11.4 Å². The van der Waals surface area contributed by atoms with Crippen LogP contribution in [0.5, 0.6) is 0 Å². The zero-order valence-electron chi connectivity index (χ0n) is 12.9. The lowest BCUT2D eigenvalue weighted by Gasteiger charge is -2.20. The van der Waals surface area contributed by atoms with E-state index in [-0.39, 0.29) is 17.3 Å². The number of hydrogen-bond acceptors (Lipinski definition) is 4. The summed E-state index contributed by atoms with van der Waals surface area (Å²) in [4.78, 5) is 11.8. The second kappa shape index (κ2) is 6.91. The number of sulfonamides is 1. The van der Waals surface area contributed by atoms with E-state index in [1.54, 1.807) is 12.1 Å². The molecule has 6 nitrogen and oxygen atoms in total. The van der Waals surface area contributed by atoms with E-state index in [0.29, 0.717) is 0 Å². The predicted octanol–water partition coefficient (Wildman–Crippen LogP) is 1.31. The quantitative estimate of drug-likeness (QED) is 0.739. The SMILES string of the molecule is CCNc1ccc(S(=O)(=O)NCC(=O)NC(C)(C)C)cc1. The van der Waals surface area contributed by atoms with Crippen LogP contribution in [0, 0.1) is 0 Å². The van der Waals surface area contributed by atoms with Gasteiger partial charge in [0, 0.05) is 17.8 Å². The first-order chi connectivity index (χ1) is 9.64. The number of amides is 1. The van der Waals surface area contributed by atoms with Crippen molar-refractivity contribution in [3.8, 4) is 0 Å². The van der Waals surface area contributed by atoms with Crippen LogP contribution in [0.2, 0.25) is 0 Å². The predicted molar refractivity (Wildman–Crippen MR) is 83.7 cm³/mol. The minimum atomic E-state index is -3.68. The van der Waals surface area contributed by atoms with Gasteiger partial charge in [0.2, 0.25) is 15.9 Å². The molecule has 0 radical (unpaired) electrons. The van der Waals surface area contributed by atoms with Gasteiger partial charge in [-0.3, -0.25) is 4.79 Å². The second-order valence-electron chi connectivity index (χ2n) is 5.68. The summed E-state index contributed by atoms with van der Waals surface area (Å²) in [5.41, 5.74) is 0.456. The molecular weight excluding hydrogens is 290 g/mol. The zero-order valence-corrected chi connectivity index (χ0v) is 13.7. The molecule has 0 aliphatic carbocycles. The molecule has 0 spiro atoms. The third kappa shape index (κ3) is 6.14. The molecule has 21 heavy (non-hydrogen) atoms. The van der Waals surface area contributed by atoms with E-state index in [2.05, 4.69) is 15.4 Å². The van der Waals surface area contributed by atoms with E-state index in [1.165, 1.54) is 12.1 Å². The molecule has 0 aliphatic heterocycles. The molecule has 0 fully saturated rings. The number of nitrogens with one attached hydrogen (secondary N) is 3. The standard InChI is InChI=1S/C14H23N3O3S/c1-5-15-11-6-8-12(9-7-11)21(19,20)16-10-13(18)17-14(2,3)4/h6-9,15-16H,5,10H2,1-4H3,(H,17,18). The van der Waals surface area contributed by atoms with Gasteiger partial charge in [0.1, 0.15) is 0 Å². The van der Waals surface area contributed by atoms with Gasteiger partial charge in [-0.05, 0) is 52.0 Å². The molecule has 3 N–H and O–H groups in total. The average molecular weight is 313 g/mol. The summed E-state index contributed by atoms with van der Waals surface area (Å²) in [5.74, 6) is -0.365. The summed E-state index contributed by atoms with van der Waals surface area (Å²) in [5, 5.41) is 5.78. The molecule has 0 bridgehead atoms. The van der Waals surface area contributed by atoms with Gasteiger partial charge in [0.15, 0.2) is 0 Å². The van der Waals surface area contributed by atoms with Gasteiger partial charge in [-0.1, -0.05) is 0 Å². The summed E-state index contributed by atoms with van der Waals surface area (Å²) in [6.45, 7) is 7.93. The van der Waals surface area contributed by atoms with Gasteiger partial charge in [-0.25, -0.2) is 13.1 Å². The van der Waals surface area contributed by atoms with Crippen LogP contribution >= 0.6 is 0 Å². The van der Waals surface area contributed by atoms with Gasteiger partial charge in [0.25, 0.3) is 0 Å². The van der Waals surface area contributed by atoms with Gasteiger partial charge in [-0.15, -0.1) is 0 Å². The van der Waals surface area contributed by atoms with Crippen LogP contribution in [0.3, 0.4) is 0 Å². The lowest BCUT2D eigenvalue weighted by molar-refractivity contribution is -0.121. The Bertz CT molecular complexity index is 574. The van der Waals surface area contributed by atoms with Crippen LogP contribution in [-0.4, -0.2) is 33.0 Å². The number of anilines is 1. The normalized spacial score (nSPS) is 12.0. The topological polar surface area (TPSA) is 87.3 Å². The maximum Gasteiger partial charge on any atom is 0.241 e. The highest BCUT2D eigenvalue weighted by Gasteiger charge is 2.18. The van der Waals surface area contributed by atoms with Crippen molar-refractivity contribution in [1.82, 2.24) is 10.0 Å². The number of carbonyl (C=O) groups is 1. The molecule has 1 aromatic rings. The Morgan fingerprint density at radius 2 is 1.71 bits per heavy atom. The van der Waals surface area contributed by atoms with Crippen molar-refractivity contribution in [2.24, 2.45) is 0 Å². The van der Waals surface area contributed by atoms with Crippen LogP contribution in [0.25, 0.3) is 0 Å². The smallest absolute Gasteiger partial charge is 0.241 e. The Kier molecular flexibility index (Phi) is 5.74. The lowest BCUT2D eigenvalue weighted by atomic mass is 10.1. The summed E-state index contributed by atoms with van der Waals surface area (Å²) >= 11 is 0. The first-order valence-electron chi connectivity index (χ1n) is 6.78. The van der Waals surface area contributed by atoms with Crippen LogP contribution in [0.15, 0.2) is 29.2 Å². The van der Waals surface area contributed by atoms with Crippen molar-refractivity contribution >= 4 is 21.6 Å². The van der Waals surface area contributed by atoms with Crippen molar-refractivity contribution in [3.63, 3.8) is 0 Å². The Hall–Kier alpha value is -1.60. The lowest BCUT2D eigenvalue weighted by Crippen LogP contribution is -2.45. The summed E-state index contributed by atoms with van der Waals surface area (Å²) in [7, 11) is -3.68. The van der Waals surface area contributed by atoms with E-state index in [4.69, 9.17) is 0 Å². The number of rotatable bonds is 6. The molecule has 1 aromatic carbocycles. The first-order valence-corrected chi connectivity index (χ1v) is 8.27. The number of benzene rings is 1. The van der Waals surface area contributed by atoms with Crippen LogP contribution < -0.4 is 15.4 Å². The third-order valence-electron chi connectivity index (χ3n) is 2.48. The van der Waals surface area contributed by atoms with E-state index in [9.17, 15) is 13.2 Å². The highest BCUT2D eigenvalue weighted by atomic mass is 32.2. The van der Waals surface area contributed by atoms with Crippen molar-refractivity contribution in [3.05, 3.63) is 24.3 Å². The Morgan fingerprint density at radius 1 is 1.14 bits per heavy atom. The molecule has 118 valence electrons. The number of hydrogen-bond donors (Lipinski definition) is 3. The van der Waals surface area contributed by atoms with Crippen molar-refractivity contribution < 1.29 is 13.2 Å². The first kappa shape index (κ1) is 17.5. The molecule has 0 unspecified atom stereocenters. The molecule has 7 heteroatoms. The van der Waals surface area contributed by atoms with E-state index in [1.807, 2.05) is 27.7 Å². The van der Waals surface area contributed by atoms with Crippen LogP contribution in [0.4, 0.5) is 5.69 Å². The minimum absolute atomic E-state index is 0.132. The summed E-state index contributed by atoms with van der Waals surface area (Å²) in [6, 6.07) is 6.38. The van der Waals surface area contributed by atoms with Gasteiger partial charge >= 0.3 is 0 Å². The number of carbonyl (C=O) groups excluding carboxylic acids is 1. The Labute approximate surface area is 126 Å². The largest absolute Gasteiger partial charge is 0.385 e. The van der Waals surface area contributed by atoms with Crippen molar-refractivity contribution in [1.29, 1.82) is 0 Å². The molecule has 1 amide bonds. The molecule has 0 saturated carbocycles. The van der Waals surface area contributed by atoms with Crippen molar-refractivity contribution in [2.45, 2.75) is 38.1 Å². The van der Waals surface area contributed by atoms with Gasteiger partial charge in [-0.2, -0.15) is 0 Å². The van der Waals surface area contributed by atoms with Crippen LogP contribution in [0.1, 0.15) is 27.7 Å². The Balaban J connectivity index is 2.67. The summed E-state index contributed by atoms with van der Waals surface area (Å²) in [6.07, 6.45) is 0. The fraction of sp³-hybridized carbons (Fsp3) is 0.500. The van der Waals surface area contributed by atoms with Gasteiger partial charge < -0.3 is 10.6 Å². The fourth-order valence-electron chi connectivity index (χ4n) is 1.66. The molecule has 0 aromatic heterocycles. The van der Waals surface area contributed by atoms with E-state index >= 15 is 0 Å². The maximum absolute atomic E-state index is 12.1. The second-order valence-corrected chi connectivity index (χ2v) is 7.44. The molecule has 0 heterocycles. The maximum atomic E-state index is 12.1. The molecule has 1 rings (SSSR count). The summed E-state index contributed by atoms with van der Waals surface area (Å²) < 4.78 is 26.4. The van der Waals surface area contributed by atoms with E-state index in [0.717, 1.165) is 12.2 Å². The minimum Gasteiger partial charge on any atom is -0.385 e. The average Bonchev–Trinajstić information content (AvgIpc) is 2.36. The highest BCUT2D eigenvalue weighted by molar-refractivity contribution is 7.89. The molecule has 0 atom stereocenters. The Morgan fingerprint density at radius 3 is 2.19 bits per heavy atom. The highest BCUT2D eigenvalue weighted by Crippen LogP contribution is 2.13. The molecular formula is C14H23N3O3S. The monoisotopic (exact) mass is 313 g/mol. The van der Waals surface area contributed by atoms with Crippen LogP contribution in [-0.2, 0) is 14.8 Å². The van der Waals surface area contributed by atoms with E-state index < -0.39 is 15.6 Å².